The van der Waals surface area contributed by atoms with Crippen LogP contribution in [-0.2, 0) is 11.4 Å². The van der Waals surface area contributed by atoms with E-state index >= 15 is 0 Å². The maximum atomic E-state index is 13.4. The van der Waals surface area contributed by atoms with Crippen molar-refractivity contribution in [3.05, 3.63) is 100 Å². The monoisotopic (exact) mass is 418 g/mol. The van der Waals surface area contributed by atoms with Gasteiger partial charge in [0.05, 0.1) is 10.6 Å². The first-order valence-corrected chi connectivity index (χ1v) is 10.2. The lowest BCUT2D eigenvalue weighted by atomic mass is 10.2. The maximum absolute atomic E-state index is 13.4. The van der Waals surface area contributed by atoms with Crippen molar-refractivity contribution in [3.8, 4) is 5.75 Å². The van der Waals surface area contributed by atoms with Gasteiger partial charge in [0.1, 0.15) is 18.2 Å². The van der Waals surface area contributed by atoms with Gasteiger partial charge in [-0.25, -0.2) is 9.38 Å². The van der Waals surface area contributed by atoms with Crippen molar-refractivity contribution < 1.29 is 13.9 Å². The summed E-state index contributed by atoms with van der Waals surface area (Å²) in [6.07, 6.45) is 1.78. The molecule has 1 aliphatic rings. The van der Waals surface area contributed by atoms with Crippen molar-refractivity contribution >= 4 is 34.6 Å². The van der Waals surface area contributed by atoms with Gasteiger partial charge in [-0.05, 0) is 60.7 Å². The second-order valence-electron chi connectivity index (χ2n) is 6.77. The number of nitrogens with one attached hydrogen (secondary N) is 1. The fourth-order valence-electron chi connectivity index (χ4n) is 2.88. The van der Waals surface area contributed by atoms with E-state index < -0.39 is 0 Å². The Balaban J connectivity index is 1.51. The minimum atomic E-state index is -0.300. The molecule has 0 spiro atoms. The lowest BCUT2D eigenvalue weighted by Crippen LogP contribution is -2.19. The van der Waals surface area contributed by atoms with Crippen LogP contribution in [0.2, 0.25) is 0 Å². The Morgan fingerprint density at radius 1 is 1.07 bits per heavy atom. The second kappa shape index (κ2) is 8.97. The maximum Gasteiger partial charge on any atom is 0.264 e. The molecule has 4 rings (SSSR count). The predicted octanol–water partition coefficient (Wildman–Crippen LogP) is 5.60. The third-order valence-electron chi connectivity index (χ3n) is 4.40. The molecule has 1 aliphatic heterocycles. The Hall–Kier alpha value is -3.38. The van der Waals surface area contributed by atoms with Gasteiger partial charge in [0, 0.05) is 5.56 Å². The average Bonchev–Trinajstić information content (AvgIpc) is 3.08. The number of rotatable bonds is 5. The molecule has 3 aromatic carbocycles. The molecule has 30 heavy (non-hydrogen) atoms. The number of aryl methyl sites for hydroxylation is 1. The zero-order valence-corrected chi connectivity index (χ0v) is 17.1. The van der Waals surface area contributed by atoms with E-state index in [1.54, 1.807) is 18.2 Å². The van der Waals surface area contributed by atoms with Crippen LogP contribution in [0, 0.1) is 12.7 Å². The summed E-state index contributed by atoms with van der Waals surface area (Å²) >= 11 is 1.28. The first kappa shape index (κ1) is 19.9. The predicted molar refractivity (Wildman–Crippen MR) is 119 cm³/mol. The normalized spacial score (nSPS) is 16.1. The summed E-state index contributed by atoms with van der Waals surface area (Å²) < 4.78 is 19.2. The third-order valence-corrected chi connectivity index (χ3v) is 5.31. The van der Waals surface area contributed by atoms with E-state index in [1.807, 2.05) is 55.5 Å². The first-order chi connectivity index (χ1) is 14.6. The molecule has 1 heterocycles. The Labute approximate surface area is 178 Å². The number of amidine groups is 1. The van der Waals surface area contributed by atoms with Gasteiger partial charge in [-0.1, -0.05) is 48.0 Å². The topological polar surface area (TPSA) is 50.7 Å². The number of ether oxygens (including phenoxy) is 1. The van der Waals surface area contributed by atoms with Gasteiger partial charge in [0.25, 0.3) is 5.91 Å². The van der Waals surface area contributed by atoms with Gasteiger partial charge in [-0.2, -0.15) is 0 Å². The third kappa shape index (κ3) is 4.96. The largest absolute Gasteiger partial charge is 0.488 e. The molecule has 1 fully saturated rings. The van der Waals surface area contributed by atoms with Crippen LogP contribution < -0.4 is 10.1 Å². The fourth-order valence-corrected chi connectivity index (χ4v) is 3.71. The van der Waals surface area contributed by atoms with E-state index in [4.69, 9.17) is 4.74 Å². The summed E-state index contributed by atoms with van der Waals surface area (Å²) in [5.41, 5.74) is 3.43. The molecule has 3 aromatic rings. The standard InChI is InChI=1S/C24H19FN2O2S/c1-16-9-11-20(12-10-16)26-24-27-23(28)22(30-24)14-18-6-2-3-8-21(18)29-15-17-5-4-7-19(25)13-17/h2-14H,15H2,1H3,(H,26,27,28)/b22-14-. The number of benzene rings is 3. The van der Waals surface area contributed by atoms with Gasteiger partial charge in [-0.3, -0.25) is 4.79 Å². The molecule has 1 amide bonds. The summed E-state index contributed by atoms with van der Waals surface area (Å²) in [6, 6.07) is 21.5. The first-order valence-electron chi connectivity index (χ1n) is 9.39. The lowest BCUT2D eigenvalue weighted by molar-refractivity contribution is -0.115. The summed E-state index contributed by atoms with van der Waals surface area (Å²) in [6.45, 7) is 2.25. The number of para-hydroxylation sites is 1. The highest BCUT2D eigenvalue weighted by Crippen LogP contribution is 2.31. The van der Waals surface area contributed by atoms with Crippen molar-refractivity contribution in [3.63, 3.8) is 0 Å². The summed E-state index contributed by atoms with van der Waals surface area (Å²) in [5.74, 6) is 0.114. The molecule has 0 aromatic heterocycles. The SMILES string of the molecule is Cc1ccc(N=C2NC(=O)/C(=C/c3ccccc3OCc3cccc(F)c3)S2)cc1. The number of carbonyl (C=O) groups is 1. The number of aliphatic imine (C=N–C) groups is 1. The van der Waals surface area contributed by atoms with Crippen LogP contribution in [0.4, 0.5) is 10.1 Å². The van der Waals surface area contributed by atoms with Crippen molar-refractivity contribution in [2.75, 3.05) is 0 Å². The minimum Gasteiger partial charge on any atom is -0.488 e. The highest BCUT2D eigenvalue weighted by molar-refractivity contribution is 8.18. The molecule has 0 saturated carbocycles. The van der Waals surface area contributed by atoms with Crippen LogP contribution in [0.5, 0.6) is 5.75 Å². The van der Waals surface area contributed by atoms with E-state index in [-0.39, 0.29) is 18.3 Å². The number of hydrogen-bond acceptors (Lipinski definition) is 4. The highest BCUT2D eigenvalue weighted by Gasteiger charge is 2.24. The van der Waals surface area contributed by atoms with Gasteiger partial charge in [0.15, 0.2) is 5.17 Å². The van der Waals surface area contributed by atoms with Crippen molar-refractivity contribution in [1.29, 1.82) is 0 Å². The zero-order valence-electron chi connectivity index (χ0n) is 16.3. The van der Waals surface area contributed by atoms with Crippen LogP contribution >= 0.6 is 11.8 Å². The molecule has 0 radical (unpaired) electrons. The van der Waals surface area contributed by atoms with E-state index in [1.165, 1.54) is 23.9 Å². The van der Waals surface area contributed by atoms with Crippen LogP contribution in [-0.4, -0.2) is 11.1 Å². The Morgan fingerprint density at radius 3 is 2.67 bits per heavy atom. The Kier molecular flexibility index (Phi) is 5.95. The van der Waals surface area contributed by atoms with E-state index in [9.17, 15) is 9.18 Å². The molecule has 1 N–H and O–H groups in total. The smallest absolute Gasteiger partial charge is 0.264 e. The molecule has 150 valence electrons. The second-order valence-corrected chi connectivity index (χ2v) is 7.80. The zero-order chi connectivity index (χ0) is 20.9. The Morgan fingerprint density at radius 2 is 1.87 bits per heavy atom. The summed E-state index contributed by atoms with van der Waals surface area (Å²) in [5, 5.41) is 3.33. The van der Waals surface area contributed by atoms with E-state index in [0.29, 0.717) is 15.8 Å². The molecule has 1 saturated heterocycles. The molecule has 0 atom stereocenters. The van der Waals surface area contributed by atoms with Crippen LogP contribution in [0.25, 0.3) is 6.08 Å². The average molecular weight is 418 g/mol. The summed E-state index contributed by atoms with van der Waals surface area (Å²) in [7, 11) is 0. The molecular formula is C24H19FN2O2S. The number of carbonyl (C=O) groups excluding carboxylic acids is 1. The van der Waals surface area contributed by atoms with E-state index in [0.717, 1.165) is 22.4 Å². The summed E-state index contributed by atoms with van der Waals surface area (Å²) in [4.78, 5) is 17.4. The van der Waals surface area contributed by atoms with Crippen LogP contribution in [0.3, 0.4) is 0 Å². The quantitative estimate of drug-likeness (QED) is 0.549. The molecule has 0 bridgehead atoms. The van der Waals surface area contributed by atoms with Crippen molar-refractivity contribution in [2.45, 2.75) is 13.5 Å². The number of hydrogen-bond donors (Lipinski definition) is 1. The highest BCUT2D eigenvalue weighted by atomic mass is 32.2. The number of halogens is 1. The lowest BCUT2D eigenvalue weighted by Gasteiger charge is -2.09. The molecular weight excluding hydrogens is 399 g/mol. The van der Waals surface area contributed by atoms with Crippen LogP contribution in [0.15, 0.2) is 82.7 Å². The van der Waals surface area contributed by atoms with Crippen molar-refractivity contribution in [2.24, 2.45) is 4.99 Å². The molecule has 4 nitrogen and oxygen atoms in total. The fraction of sp³-hybridized carbons (Fsp3) is 0.0833. The van der Waals surface area contributed by atoms with Gasteiger partial charge in [-0.15, -0.1) is 0 Å². The molecule has 0 unspecified atom stereocenters. The minimum absolute atomic E-state index is 0.203. The molecule has 0 aliphatic carbocycles. The van der Waals surface area contributed by atoms with Crippen LogP contribution in [0.1, 0.15) is 16.7 Å². The van der Waals surface area contributed by atoms with Gasteiger partial charge < -0.3 is 10.1 Å². The number of nitrogens with zero attached hydrogens (tertiary/aromatic N) is 1. The van der Waals surface area contributed by atoms with Crippen molar-refractivity contribution in [1.82, 2.24) is 5.32 Å². The van der Waals surface area contributed by atoms with Gasteiger partial charge >= 0.3 is 0 Å². The number of amides is 1. The number of thioether (sulfide) groups is 1. The molecule has 6 heteroatoms. The van der Waals surface area contributed by atoms with Gasteiger partial charge in [0.2, 0.25) is 0 Å². The van der Waals surface area contributed by atoms with E-state index in [2.05, 4.69) is 10.3 Å². The Bertz CT molecular complexity index is 1140.